The molecule has 0 radical (unpaired) electrons. The molecule has 0 aliphatic rings. The van der Waals surface area contributed by atoms with Crippen molar-refractivity contribution in [3.05, 3.63) is 18.2 Å². The number of hydrogen-bond donors (Lipinski definition) is 1. The van der Waals surface area contributed by atoms with Crippen LogP contribution in [0.3, 0.4) is 0 Å². The third-order valence-electron chi connectivity index (χ3n) is 2.13. The molecule has 0 bridgehead atoms. The second-order valence-corrected chi connectivity index (χ2v) is 4.12. The summed E-state index contributed by atoms with van der Waals surface area (Å²) in [6.45, 7) is 2.00. The van der Waals surface area contributed by atoms with Crippen molar-refractivity contribution in [2.24, 2.45) is 0 Å². The first-order valence-electron chi connectivity index (χ1n) is 5.14. The average Bonchev–Trinajstić information content (AvgIpc) is 2.69. The molecule has 1 aromatic carbocycles. The van der Waals surface area contributed by atoms with Gasteiger partial charge in [-0.25, -0.2) is 4.79 Å². The largest absolute Gasteiger partial charge is 0.482 e. The number of carbonyl (C=O) groups excluding carboxylic acids is 1. The van der Waals surface area contributed by atoms with E-state index in [9.17, 15) is 4.79 Å². The Balaban J connectivity index is 2.08. The molecule has 5 nitrogen and oxygen atoms in total. The monoisotopic (exact) mass is 252 g/mol. The van der Waals surface area contributed by atoms with Crippen LogP contribution in [0.5, 0.6) is 5.75 Å². The molecule has 0 aliphatic carbocycles. The molecule has 17 heavy (non-hydrogen) atoms. The van der Waals surface area contributed by atoms with Gasteiger partial charge in [-0.2, -0.15) is 4.37 Å². The summed E-state index contributed by atoms with van der Waals surface area (Å²) >= 11 is 1.33. The first-order valence-corrected chi connectivity index (χ1v) is 5.91. The fraction of sp³-hybridized carbons (Fsp3) is 0.273. The van der Waals surface area contributed by atoms with Crippen molar-refractivity contribution in [3.63, 3.8) is 0 Å². The maximum atomic E-state index is 11.1. The van der Waals surface area contributed by atoms with E-state index in [0.29, 0.717) is 18.2 Å². The zero-order valence-electron chi connectivity index (χ0n) is 9.30. The Labute approximate surface area is 102 Å². The van der Waals surface area contributed by atoms with Gasteiger partial charge in [0.25, 0.3) is 0 Å². The standard InChI is InChI=1S/C11H12N2O3S/c1-2-15-10(14)6-16-7-3-4-9-8(5-7)11(12)13-17-9/h3-5H,2,6H2,1H3,(H2,12,13). The molecule has 0 unspecified atom stereocenters. The summed E-state index contributed by atoms with van der Waals surface area (Å²) < 4.78 is 15.1. The van der Waals surface area contributed by atoms with E-state index in [1.165, 1.54) is 11.5 Å². The third kappa shape index (κ3) is 2.65. The third-order valence-corrected chi connectivity index (χ3v) is 2.97. The number of carbonyl (C=O) groups is 1. The van der Waals surface area contributed by atoms with E-state index in [2.05, 4.69) is 4.37 Å². The minimum absolute atomic E-state index is 0.100. The van der Waals surface area contributed by atoms with Gasteiger partial charge in [0.15, 0.2) is 6.61 Å². The number of nitrogens with zero attached hydrogens (tertiary/aromatic N) is 1. The van der Waals surface area contributed by atoms with Crippen molar-refractivity contribution >= 4 is 33.4 Å². The number of esters is 1. The summed E-state index contributed by atoms with van der Waals surface area (Å²) in [5.41, 5.74) is 5.70. The molecule has 6 heteroatoms. The summed E-state index contributed by atoms with van der Waals surface area (Å²) in [7, 11) is 0. The molecule has 1 aromatic heterocycles. The zero-order chi connectivity index (χ0) is 12.3. The maximum Gasteiger partial charge on any atom is 0.344 e. The number of fused-ring (bicyclic) bond motifs is 1. The lowest BCUT2D eigenvalue weighted by Crippen LogP contribution is -2.14. The number of nitrogen functional groups attached to an aromatic ring is 1. The lowest BCUT2D eigenvalue weighted by Gasteiger charge is -2.05. The van der Waals surface area contributed by atoms with Crippen molar-refractivity contribution in [2.75, 3.05) is 18.9 Å². The van der Waals surface area contributed by atoms with Crippen LogP contribution < -0.4 is 10.5 Å². The van der Waals surface area contributed by atoms with Gasteiger partial charge in [0.05, 0.1) is 11.3 Å². The molecule has 2 aromatic rings. The molecule has 1 heterocycles. The fourth-order valence-corrected chi connectivity index (χ4v) is 2.06. The highest BCUT2D eigenvalue weighted by Crippen LogP contribution is 2.28. The second-order valence-electron chi connectivity index (χ2n) is 3.32. The van der Waals surface area contributed by atoms with Gasteiger partial charge in [0.1, 0.15) is 11.6 Å². The first-order chi connectivity index (χ1) is 8.20. The average molecular weight is 252 g/mol. The molecule has 2 rings (SSSR count). The highest BCUT2D eigenvalue weighted by atomic mass is 32.1. The molecule has 2 N–H and O–H groups in total. The van der Waals surface area contributed by atoms with Gasteiger partial charge in [-0.3, -0.25) is 0 Å². The molecule has 0 fully saturated rings. The Bertz CT molecular complexity index is 538. The minimum Gasteiger partial charge on any atom is -0.482 e. The minimum atomic E-state index is -0.385. The number of hydrogen-bond acceptors (Lipinski definition) is 6. The summed E-state index contributed by atoms with van der Waals surface area (Å²) in [6, 6.07) is 5.41. The van der Waals surface area contributed by atoms with Gasteiger partial charge in [-0.15, -0.1) is 0 Å². The van der Waals surface area contributed by atoms with E-state index in [1.807, 2.05) is 6.07 Å². The lowest BCUT2D eigenvalue weighted by atomic mass is 10.2. The van der Waals surface area contributed by atoms with Crippen LogP contribution in [0.1, 0.15) is 6.92 Å². The van der Waals surface area contributed by atoms with Crippen molar-refractivity contribution < 1.29 is 14.3 Å². The van der Waals surface area contributed by atoms with Crippen molar-refractivity contribution in [3.8, 4) is 5.75 Å². The van der Waals surface area contributed by atoms with Gasteiger partial charge in [0, 0.05) is 5.39 Å². The number of ether oxygens (including phenoxy) is 2. The van der Waals surface area contributed by atoms with Crippen molar-refractivity contribution in [2.45, 2.75) is 6.92 Å². The Morgan fingerprint density at radius 3 is 3.12 bits per heavy atom. The van der Waals surface area contributed by atoms with Gasteiger partial charge in [-0.05, 0) is 36.7 Å². The van der Waals surface area contributed by atoms with Crippen molar-refractivity contribution in [1.29, 1.82) is 0 Å². The van der Waals surface area contributed by atoms with E-state index in [1.54, 1.807) is 19.1 Å². The predicted molar refractivity (Wildman–Crippen MR) is 66.2 cm³/mol. The normalized spacial score (nSPS) is 10.4. The van der Waals surface area contributed by atoms with Crippen LogP contribution in [0.2, 0.25) is 0 Å². The SMILES string of the molecule is CCOC(=O)COc1ccc2snc(N)c2c1. The highest BCUT2D eigenvalue weighted by molar-refractivity contribution is 7.13. The molecule has 0 atom stereocenters. The van der Waals surface area contributed by atoms with Crippen LogP contribution in [-0.2, 0) is 9.53 Å². The maximum absolute atomic E-state index is 11.1. The van der Waals surface area contributed by atoms with E-state index < -0.39 is 0 Å². The van der Waals surface area contributed by atoms with E-state index >= 15 is 0 Å². The quantitative estimate of drug-likeness (QED) is 0.840. The summed E-state index contributed by atoms with van der Waals surface area (Å²) in [5, 5.41) is 0.844. The van der Waals surface area contributed by atoms with E-state index in [-0.39, 0.29) is 12.6 Å². The molecule has 0 amide bonds. The molecular weight excluding hydrogens is 240 g/mol. The molecule has 0 saturated heterocycles. The smallest absolute Gasteiger partial charge is 0.344 e. The van der Waals surface area contributed by atoms with Crippen LogP contribution in [0.15, 0.2) is 18.2 Å². The number of rotatable bonds is 4. The van der Waals surface area contributed by atoms with Gasteiger partial charge in [-0.1, -0.05) is 0 Å². The highest BCUT2D eigenvalue weighted by Gasteiger charge is 2.06. The molecule has 0 saturated carbocycles. The first kappa shape index (κ1) is 11.7. The molecule has 0 aliphatic heterocycles. The fourth-order valence-electron chi connectivity index (χ4n) is 1.37. The summed E-state index contributed by atoms with van der Waals surface area (Å²) in [5.74, 6) is 0.674. The van der Waals surface area contributed by atoms with Gasteiger partial charge < -0.3 is 15.2 Å². The zero-order valence-corrected chi connectivity index (χ0v) is 10.1. The Hall–Kier alpha value is -1.82. The lowest BCUT2D eigenvalue weighted by molar-refractivity contribution is -0.145. The molecular formula is C11H12N2O3S. The van der Waals surface area contributed by atoms with Crippen LogP contribution in [0.25, 0.3) is 10.1 Å². The Morgan fingerprint density at radius 2 is 2.35 bits per heavy atom. The molecule has 90 valence electrons. The topological polar surface area (TPSA) is 74.4 Å². The Morgan fingerprint density at radius 1 is 1.53 bits per heavy atom. The number of anilines is 1. The second kappa shape index (κ2) is 5.01. The summed E-state index contributed by atoms with van der Waals surface area (Å²) in [4.78, 5) is 11.1. The van der Waals surface area contributed by atoms with Gasteiger partial charge in [0.2, 0.25) is 0 Å². The predicted octanol–water partition coefficient (Wildman–Crippen LogP) is 1.82. The van der Waals surface area contributed by atoms with Crippen LogP contribution in [0, 0.1) is 0 Å². The van der Waals surface area contributed by atoms with Crippen LogP contribution in [-0.4, -0.2) is 23.6 Å². The number of benzene rings is 1. The number of nitrogens with two attached hydrogens (primary N) is 1. The number of aromatic nitrogens is 1. The van der Waals surface area contributed by atoms with Crippen LogP contribution >= 0.6 is 11.5 Å². The Kier molecular flexibility index (Phi) is 3.43. The van der Waals surface area contributed by atoms with Crippen molar-refractivity contribution in [1.82, 2.24) is 4.37 Å². The summed E-state index contributed by atoms with van der Waals surface area (Å²) in [6.07, 6.45) is 0. The van der Waals surface area contributed by atoms with E-state index in [4.69, 9.17) is 15.2 Å². The van der Waals surface area contributed by atoms with E-state index in [0.717, 1.165) is 10.1 Å². The molecule has 0 spiro atoms. The van der Waals surface area contributed by atoms with Gasteiger partial charge >= 0.3 is 5.97 Å². The van der Waals surface area contributed by atoms with Crippen LogP contribution in [0.4, 0.5) is 5.82 Å².